The van der Waals surface area contributed by atoms with Crippen LogP contribution < -0.4 is 0 Å². The summed E-state index contributed by atoms with van der Waals surface area (Å²) >= 11 is 3.15. The Kier molecular flexibility index (Phi) is 3.37. The van der Waals surface area contributed by atoms with E-state index in [2.05, 4.69) is 15.9 Å². The van der Waals surface area contributed by atoms with Gasteiger partial charge in [0.2, 0.25) is 0 Å². The van der Waals surface area contributed by atoms with Gasteiger partial charge in [-0.05, 0) is 35.3 Å². The zero-order valence-corrected chi connectivity index (χ0v) is 9.36. The SMILES string of the molecule is CC(=O)c1c(C(F)F)ccc(C)c1Br. The van der Waals surface area contributed by atoms with E-state index in [9.17, 15) is 13.6 Å². The van der Waals surface area contributed by atoms with E-state index in [0.29, 0.717) is 4.47 Å². The number of hydrogen-bond acceptors (Lipinski definition) is 1. The van der Waals surface area contributed by atoms with E-state index in [1.54, 1.807) is 13.0 Å². The van der Waals surface area contributed by atoms with E-state index in [4.69, 9.17) is 0 Å². The lowest BCUT2D eigenvalue weighted by Gasteiger charge is -2.10. The molecule has 1 rings (SSSR count). The second-order valence-corrected chi connectivity index (χ2v) is 3.81. The Labute approximate surface area is 89.3 Å². The molecule has 76 valence electrons. The van der Waals surface area contributed by atoms with Crippen molar-refractivity contribution in [3.8, 4) is 0 Å². The Morgan fingerprint density at radius 2 is 2.00 bits per heavy atom. The van der Waals surface area contributed by atoms with Crippen molar-refractivity contribution in [2.45, 2.75) is 20.3 Å². The van der Waals surface area contributed by atoms with Gasteiger partial charge in [0.05, 0.1) is 0 Å². The number of Topliss-reactive ketones (excluding diaryl/α,β-unsaturated/α-hetero) is 1. The predicted octanol–water partition coefficient (Wildman–Crippen LogP) is 3.90. The third-order valence-corrected chi connectivity index (χ3v) is 2.98. The van der Waals surface area contributed by atoms with Crippen LogP contribution in [-0.2, 0) is 0 Å². The highest BCUT2D eigenvalue weighted by molar-refractivity contribution is 9.10. The van der Waals surface area contributed by atoms with E-state index in [1.807, 2.05) is 0 Å². The van der Waals surface area contributed by atoms with Gasteiger partial charge in [-0.25, -0.2) is 8.78 Å². The van der Waals surface area contributed by atoms with E-state index < -0.39 is 6.43 Å². The average molecular weight is 263 g/mol. The fourth-order valence-electron chi connectivity index (χ4n) is 1.23. The highest BCUT2D eigenvalue weighted by Crippen LogP contribution is 2.31. The number of ketones is 1. The lowest BCUT2D eigenvalue weighted by Crippen LogP contribution is -2.02. The Morgan fingerprint density at radius 3 is 2.43 bits per heavy atom. The van der Waals surface area contributed by atoms with Crippen LogP contribution in [0.25, 0.3) is 0 Å². The van der Waals surface area contributed by atoms with Crippen LogP contribution in [0.4, 0.5) is 8.78 Å². The largest absolute Gasteiger partial charge is 0.294 e. The molecule has 0 saturated heterocycles. The van der Waals surface area contributed by atoms with Crippen molar-refractivity contribution in [3.63, 3.8) is 0 Å². The van der Waals surface area contributed by atoms with Crippen LogP contribution in [0.2, 0.25) is 0 Å². The van der Waals surface area contributed by atoms with Crippen LogP contribution >= 0.6 is 15.9 Å². The van der Waals surface area contributed by atoms with Gasteiger partial charge in [-0.15, -0.1) is 0 Å². The molecule has 14 heavy (non-hydrogen) atoms. The number of alkyl halides is 2. The third kappa shape index (κ3) is 2.00. The molecule has 0 aliphatic heterocycles. The van der Waals surface area contributed by atoms with Gasteiger partial charge in [-0.1, -0.05) is 12.1 Å². The highest BCUT2D eigenvalue weighted by Gasteiger charge is 2.19. The summed E-state index contributed by atoms with van der Waals surface area (Å²) in [4.78, 5) is 11.2. The molecule has 0 spiro atoms. The van der Waals surface area contributed by atoms with Crippen molar-refractivity contribution in [3.05, 3.63) is 33.3 Å². The van der Waals surface area contributed by atoms with Crippen LogP contribution in [0.5, 0.6) is 0 Å². The first kappa shape index (κ1) is 11.3. The van der Waals surface area contributed by atoms with Crippen LogP contribution in [0, 0.1) is 6.92 Å². The molecule has 0 atom stereocenters. The summed E-state index contributed by atoms with van der Waals surface area (Å²) in [6.45, 7) is 3.04. The standard InChI is InChI=1S/C10H9BrF2O/c1-5-3-4-7(10(12)13)8(6(2)14)9(5)11/h3-4,10H,1-2H3. The van der Waals surface area contributed by atoms with Crippen LogP contribution in [0.15, 0.2) is 16.6 Å². The van der Waals surface area contributed by atoms with Gasteiger partial charge in [0, 0.05) is 15.6 Å². The number of benzene rings is 1. The molecule has 0 bridgehead atoms. The van der Waals surface area contributed by atoms with Gasteiger partial charge in [0.25, 0.3) is 6.43 Å². The van der Waals surface area contributed by atoms with Crippen molar-refractivity contribution < 1.29 is 13.6 Å². The lowest BCUT2D eigenvalue weighted by molar-refractivity contribution is 0.0998. The van der Waals surface area contributed by atoms with E-state index >= 15 is 0 Å². The van der Waals surface area contributed by atoms with E-state index in [1.165, 1.54) is 13.0 Å². The summed E-state index contributed by atoms with van der Waals surface area (Å²) in [6.07, 6.45) is -2.62. The molecule has 0 aliphatic carbocycles. The van der Waals surface area contributed by atoms with Crippen molar-refractivity contribution in [2.24, 2.45) is 0 Å². The molecular formula is C10H9BrF2O. The van der Waals surface area contributed by atoms with Crippen molar-refractivity contribution >= 4 is 21.7 Å². The summed E-state index contributed by atoms with van der Waals surface area (Å²) in [6, 6.07) is 2.86. The van der Waals surface area contributed by atoms with Crippen LogP contribution in [0.1, 0.15) is 34.8 Å². The summed E-state index contributed by atoms with van der Waals surface area (Å²) in [7, 11) is 0. The number of halogens is 3. The molecule has 0 radical (unpaired) electrons. The lowest BCUT2D eigenvalue weighted by atomic mass is 10.0. The molecule has 0 fully saturated rings. The molecule has 1 aromatic carbocycles. The molecule has 0 aromatic heterocycles. The first-order chi connectivity index (χ1) is 6.45. The molecule has 1 nitrogen and oxygen atoms in total. The molecular weight excluding hydrogens is 254 g/mol. The van der Waals surface area contributed by atoms with Gasteiger partial charge in [0.15, 0.2) is 5.78 Å². The number of aryl methyl sites for hydroxylation is 1. The first-order valence-corrected chi connectivity index (χ1v) is 4.82. The molecule has 1 aromatic rings. The van der Waals surface area contributed by atoms with E-state index in [-0.39, 0.29) is 16.9 Å². The molecule has 0 saturated carbocycles. The van der Waals surface area contributed by atoms with Crippen LogP contribution in [0.3, 0.4) is 0 Å². The van der Waals surface area contributed by atoms with Crippen LogP contribution in [-0.4, -0.2) is 5.78 Å². The maximum atomic E-state index is 12.5. The summed E-state index contributed by atoms with van der Waals surface area (Å²) in [5, 5.41) is 0. The number of carbonyl (C=O) groups excluding carboxylic acids is 1. The average Bonchev–Trinajstić information content (AvgIpc) is 2.08. The normalized spacial score (nSPS) is 10.7. The quantitative estimate of drug-likeness (QED) is 0.739. The van der Waals surface area contributed by atoms with Gasteiger partial charge >= 0.3 is 0 Å². The minimum atomic E-state index is -2.62. The van der Waals surface area contributed by atoms with Crippen molar-refractivity contribution in [1.82, 2.24) is 0 Å². The fraction of sp³-hybridized carbons (Fsp3) is 0.300. The zero-order valence-electron chi connectivity index (χ0n) is 7.77. The number of carbonyl (C=O) groups is 1. The van der Waals surface area contributed by atoms with Gasteiger partial charge in [-0.2, -0.15) is 0 Å². The predicted molar refractivity (Wildman–Crippen MR) is 53.8 cm³/mol. The molecule has 0 amide bonds. The second kappa shape index (κ2) is 4.17. The monoisotopic (exact) mass is 262 g/mol. The smallest absolute Gasteiger partial charge is 0.264 e. The van der Waals surface area contributed by atoms with Gasteiger partial charge in [0.1, 0.15) is 0 Å². The molecule has 0 unspecified atom stereocenters. The summed E-state index contributed by atoms with van der Waals surface area (Å²) < 4.78 is 25.5. The second-order valence-electron chi connectivity index (χ2n) is 3.02. The summed E-state index contributed by atoms with van der Waals surface area (Å²) in [5.41, 5.74) is 0.648. The maximum absolute atomic E-state index is 12.5. The highest BCUT2D eigenvalue weighted by atomic mass is 79.9. The Bertz CT molecular complexity index is 375. The van der Waals surface area contributed by atoms with E-state index in [0.717, 1.165) is 5.56 Å². The number of rotatable bonds is 2. The number of hydrogen-bond donors (Lipinski definition) is 0. The minimum absolute atomic E-state index is 0.0833. The first-order valence-electron chi connectivity index (χ1n) is 4.03. The van der Waals surface area contributed by atoms with Crippen molar-refractivity contribution in [2.75, 3.05) is 0 Å². The Balaban J connectivity index is 3.45. The van der Waals surface area contributed by atoms with Gasteiger partial charge in [-0.3, -0.25) is 4.79 Å². The zero-order chi connectivity index (χ0) is 10.9. The molecule has 0 aliphatic rings. The van der Waals surface area contributed by atoms with Gasteiger partial charge < -0.3 is 0 Å². The molecule has 4 heteroatoms. The van der Waals surface area contributed by atoms with Crippen molar-refractivity contribution in [1.29, 1.82) is 0 Å². The topological polar surface area (TPSA) is 17.1 Å². The minimum Gasteiger partial charge on any atom is -0.294 e. The third-order valence-electron chi connectivity index (χ3n) is 1.95. The molecule has 0 N–H and O–H groups in total. The fourth-order valence-corrected chi connectivity index (χ4v) is 1.88. The Hall–Kier alpha value is -0.770. The summed E-state index contributed by atoms with van der Waals surface area (Å²) in [5.74, 6) is -0.351. The maximum Gasteiger partial charge on any atom is 0.264 e. The Morgan fingerprint density at radius 1 is 1.43 bits per heavy atom. The molecule has 0 heterocycles.